The van der Waals surface area contributed by atoms with E-state index in [-0.39, 0.29) is 0 Å². The SMILES string of the molecule is Clc1ccc(-n2cccn2)nc1CNC1CC1. The van der Waals surface area contributed by atoms with Gasteiger partial charge in [0.2, 0.25) is 0 Å². The van der Waals surface area contributed by atoms with Gasteiger partial charge in [0.1, 0.15) is 0 Å². The fraction of sp³-hybridized carbons (Fsp3) is 0.333. The average Bonchev–Trinajstić information content (AvgIpc) is 3.00. The predicted molar refractivity (Wildman–Crippen MR) is 66.2 cm³/mol. The average molecular weight is 249 g/mol. The highest BCUT2D eigenvalue weighted by molar-refractivity contribution is 6.31. The lowest BCUT2D eigenvalue weighted by atomic mass is 10.3. The molecule has 0 saturated heterocycles. The summed E-state index contributed by atoms with van der Waals surface area (Å²) in [5.41, 5.74) is 0.881. The molecule has 2 aromatic heterocycles. The molecule has 88 valence electrons. The van der Waals surface area contributed by atoms with E-state index in [0.717, 1.165) is 18.1 Å². The zero-order chi connectivity index (χ0) is 11.7. The van der Waals surface area contributed by atoms with Crippen LogP contribution in [0.4, 0.5) is 0 Å². The molecule has 0 aromatic carbocycles. The molecule has 3 rings (SSSR count). The minimum absolute atomic E-state index is 0.654. The summed E-state index contributed by atoms with van der Waals surface area (Å²) in [6, 6.07) is 6.27. The van der Waals surface area contributed by atoms with Crippen LogP contribution >= 0.6 is 11.6 Å². The highest BCUT2D eigenvalue weighted by Gasteiger charge is 2.20. The smallest absolute Gasteiger partial charge is 0.153 e. The Morgan fingerprint density at radius 1 is 1.41 bits per heavy atom. The molecule has 0 atom stereocenters. The Hall–Kier alpha value is -1.39. The number of nitrogens with zero attached hydrogens (tertiary/aromatic N) is 3. The van der Waals surface area contributed by atoms with Crippen molar-refractivity contribution in [2.45, 2.75) is 25.4 Å². The van der Waals surface area contributed by atoms with Crippen LogP contribution in [-0.2, 0) is 6.54 Å². The highest BCUT2D eigenvalue weighted by Crippen LogP contribution is 2.21. The number of halogens is 1. The Labute approximate surface area is 105 Å². The van der Waals surface area contributed by atoms with E-state index in [2.05, 4.69) is 15.4 Å². The van der Waals surface area contributed by atoms with Crippen LogP contribution in [-0.4, -0.2) is 20.8 Å². The normalized spacial score (nSPS) is 15.1. The van der Waals surface area contributed by atoms with Gasteiger partial charge in [-0.3, -0.25) is 0 Å². The molecule has 0 unspecified atom stereocenters. The summed E-state index contributed by atoms with van der Waals surface area (Å²) < 4.78 is 1.73. The maximum absolute atomic E-state index is 6.13. The molecule has 0 amide bonds. The second-order valence-corrected chi connectivity index (χ2v) is 4.61. The van der Waals surface area contributed by atoms with Crippen molar-refractivity contribution in [1.82, 2.24) is 20.1 Å². The van der Waals surface area contributed by atoms with Crippen LogP contribution in [0.5, 0.6) is 0 Å². The molecule has 1 aliphatic carbocycles. The van der Waals surface area contributed by atoms with Crippen molar-refractivity contribution >= 4 is 11.6 Å². The van der Waals surface area contributed by atoms with Gasteiger partial charge in [-0.2, -0.15) is 5.10 Å². The maximum Gasteiger partial charge on any atom is 0.153 e. The minimum atomic E-state index is 0.654. The first-order valence-corrected chi connectivity index (χ1v) is 6.09. The second-order valence-electron chi connectivity index (χ2n) is 4.20. The fourth-order valence-electron chi connectivity index (χ4n) is 1.66. The van der Waals surface area contributed by atoms with Crippen LogP contribution in [0.3, 0.4) is 0 Å². The monoisotopic (exact) mass is 248 g/mol. The third-order valence-electron chi connectivity index (χ3n) is 2.78. The number of rotatable bonds is 4. The molecule has 2 aromatic rings. The van der Waals surface area contributed by atoms with E-state index >= 15 is 0 Å². The Morgan fingerprint density at radius 3 is 3.00 bits per heavy atom. The van der Waals surface area contributed by atoms with Gasteiger partial charge >= 0.3 is 0 Å². The molecule has 1 saturated carbocycles. The first kappa shape index (κ1) is 10.7. The largest absolute Gasteiger partial charge is 0.308 e. The fourth-order valence-corrected chi connectivity index (χ4v) is 1.83. The van der Waals surface area contributed by atoms with Crippen LogP contribution in [0.25, 0.3) is 5.82 Å². The third kappa shape index (κ3) is 2.48. The van der Waals surface area contributed by atoms with E-state index in [0.29, 0.717) is 11.1 Å². The number of pyridine rings is 1. The van der Waals surface area contributed by atoms with Gasteiger partial charge in [-0.15, -0.1) is 0 Å². The van der Waals surface area contributed by atoms with Crippen LogP contribution in [0.15, 0.2) is 30.6 Å². The molecule has 5 heteroatoms. The number of aromatic nitrogens is 3. The Kier molecular flexibility index (Phi) is 2.82. The molecule has 1 aliphatic rings. The van der Waals surface area contributed by atoms with Gasteiger partial charge < -0.3 is 5.32 Å². The van der Waals surface area contributed by atoms with Crippen LogP contribution in [0, 0.1) is 0 Å². The lowest BCUT2D eigenvalue weighted by Gasteiger charge is -2.07. The molecule has 1 fully saturated rings. The van der Waals surface area contributed by atoms with E-state index in [9.17, 15) is 0 Å². The number of nitrogens with one attached hydrogen (secondary N) is 1. The van der Waals surface area contributed by atoms with Crippen molar-refractivity contribution in [3.05, 3.63) is 41.3 Å². The summed E-state index contributed by atoms with van der Waals surface area (Å²) >= 11 is 6.13. The van der Waals surface area contributed by atoms with Crippen LogP contribution in [0.1, 0.15) is 18.5 Å². The molecule has 17 heavy (non-hydrogen) atoms. The summed E-state index contributed by atoms with van der Waals surface area (Å²) in [5.74, 6) is 0.798. The molecular weight excluding hydrogens is 236 g/mol. The standard InChI is InChI=1S/C12H13ClN4/c13-10-4-5-12(17-7-1-6-15-17)16-11(10)8-14-9-2-3-9/h1,4-7,9,14H,2-3,8H2. The van der Waals surface area contributed by atoms with Crippen molar-refractivity contribution in [1.29, 1.82) is 0 Å². The van der Waals surface area contributed by atoms with E-state index in [1.165, 1.54) is 12.8 Å². The van der Waals surface area contributed by atoms with Gasteiger partial charge in [-0.25, -0.2) is 9.67 Å². The zero-order valence-electron chi connectivity index (χ0n) is 9.31. The van der Waals surface area contributed by atoms with Crippen LogP contribution in [0.2, 0.25) is 5.02 Å². The zero-order valence-corrected chi connectivity index (χ0v) is 10.1. The van der Waals surface area contributed by atoms with E-state index in [1.54, 1.807) is 10.9 Å². The maximum atomic E-state index is 6.13. The molecule has 0 bridgehead atoms. The molecule has 4 nitrogen and oxygen atoms in total. The van der Waals surface area contributed by atoms with Crippen molar-refractivity contribution < 1.29 is 0 Å². The third-order valence-corrected chi connectivity index (χ3v) is 3.12. The van der Waals surface area contributed by atoms with E-state index in [1.807, 2.05) is 24.4 Å². The van der Waals surface area contributed by atoms with Gasteiger partial charge in [-0.1, -0.05) is 11.6 Å². The van der Waals surface area contributed by atoms with Gasteiger partial charge in [-0.05, 0) is 31.0 Å². The summed E-state index contributed by atoms with van der Waals surface area (Å²) in [6.07, 6.45) is 6.12. The Morgan fingerprint density at radius 2 is 2.29 bits per heavy atom. The van der Waals surface area contributed by atoms with Crippen molar-refractivity contribution in [2.75, 3.05) is 0 Å². The summed E-state index contributed by atoms with van der Waals surface area (Å²) in [5, 5.41) is 8.27. The van der Waals surface area contributed by atoms with Gasteiger partial charge in [0, 0.05) is 25.0 Å². The number of hydrogen-bond acceptors (Lipinski definition) is 3. The van der Waals surface area contributed by atoms with Gasteiger partial charge in [0.05, 0.1) is 10.7 Å². The van der Waals surface area contributed by atoms with Crippen LogP contribution < -0.4 is 5.32 Å². The molecule has 0 spiro atoms. The minimum Gasteiger partial charge on any atom is -0.308 e. The summed E-state index contributed by atoms with van der Waals surface area (Å²) in [7, 11) is 0. The van der Waals surface area contributed by atoms with Crippen molar-refractivity contribution in [2.24, 2.45) is 0 Å². The lowest BCUT2D eigenvalue weighted by molar-refractivity contribution is 0.670. The number of hydrogen-bond donors (Lipinski definition) is 1. The Balaban J connectivity index is 1.83. The lowest BCUT2D eigenvalue weighted by Crippen LogP contribution is -2.17. The second kappa shape index (κ2) is 4.47. The van der Waals surface area contributed by atoms with E-state index < -0.39 is 0 Å². The summed E-state index contributed by atoms with van der Waals surface area (Å²) in [4.78, 5) is 4.52. The molecule has 0 aliphatic heterocycles. The molecule has 0 radical (unpaired) electrons. The molecular formula is C12H13ClN4. The Bertz CT molecular complexity index is 505. The van der Waals surface area contributed by atoms with Crippen molar-refractivity contribution in [3.63, 3.8) is 0 Å². The van der Waals surface area contributed by atoms with Gasteiger partial charge in [0.15, 0.2) is 5.82 Å². The summed E-state index contributed by atoms with van der Waals surface area (Å²) in [6.45, 7) is 0.721. The first-order chi connectivity index (χ1) is 8.33. The first-order valence-electron chi connectivity index (χ1n) is 5.72. The predicted octanol–water partition coefficient (Wildman–Crippen LogP) is 2.17. The van der Waals surface area contributed by atoms with Crippen molar-refractivity contribution in [3.8, 4) is 5.82 Å². The molecule has 1 N–H and O–H groups in total. The molecule has 2 heterocycles. The topological polar surface area (TPSA) is 42.7 Å². The van der Waals surface area contributed by atoms with E-state index in [4.69, 9.17) is 11.6 Å². The quantitative estimate of drug-likeness (QED) is 0.902. The highest BCUT2D eigenvalue weighted by atomic mass is 35.5. The van der Waals surface area contributed by atoms with Gasteiger partial charge in [0.25, 0.3) is 0 Å².